The Hall–Kier alpha value is -2.61. The Morgan fingerprint density at radius 3 is 2.50 bits per heavy atom. The number of nitrogens with zero attached hydrogens (tertiary/aromatic N) is 2. The van der Waals surface area contributed by atoms with Gasteiger partial charge in [0.25, 0.3) is 0 Å². The molecule has 0 N–H and O–H groups in total. The average molecular weight is 286 g/mol. The first-order valence-corrected chi connectivity index (χ1v) is 7.71. The van der Waals surface area contributed by atoms with Gasteiger partial charge in [-0.25, -0.2) is 4.98 Å². The number of fused-ring (bicyclic) bond motifs is 2. The van der Waals surface area contributed by atoms with Crippen LogP contribution in [0.4, 0.5) is 0 Å². The SMILES string of the molecule is CCc1cc(-c2cn(C)c3ccccc23)nc2ccccc12. The van der Waals surface area contributed by atoms with Crippen molar-refractivity contribution in [3.63, 3.8) is 0 Å². The molecule has 2 nitrogen and oxygen atoms in total. The van der Waals surface area contributed by atoms with Crippen LogP contribution in [0.5, 0.6) is 0 Å². The van der Waals surface area contributed by atoms with Gasteiger partial charge in [-0.3, -0.25) is 0 Å². The molecule has 2 heterocycles. The van der Waals surface area contributed by atoms with E-state index >= 15 is 0 Å². The lowest BCUT2D eigenvalue weighted by atomic mass is 10.0. The summed E-state index contributed by atoms with van der Waals surface area (Å²) in [6.45, 7) is 2.20. The van der Waals surface area contributed by atoms with Gasteiger partial charge < -0.3 is 4.57 Å². The van der Waals surface area contributed by atoms with Crippen molar-refractivity contribution in [1.82, 2.24) is 9.55 Å². The molecule has 0 aliphatic carbocycles. The molecule has 108 valence electrons. The minimum absolute atomic E-state index is 1.01. The Morgan fingerprint density at radius 2 is 1.68 bits per heavy atom. The van der Waals surface area contributed by atoms with Crippen LogP contribution in [0.1, 0.15) is 12.5 Å². The monoisotopic (exact) mass is 286 g/mol. The molecule has 2 aromatic heterocycles. The van der Waals surface area contributed by atoms with Crippen molar-refractivity contribution in [1.29, 1.82) is 0 Å². The molecule has 0 saturated carbocycles. The topological polar surface area (TPSA) is 17.8 Å². The second-order valence-electron chi connectivity index (χ2n) is 5.71. The highest BCUT2D eigenvalue weighted by Crippen LogP contribution is 2.31. The first-order valence-electron chi connectivity index (χ1n) is 7.71. The first kappa shape index (κ1) is 13.1. The minimum atomic E-state index is 1.01. The van der Waals surface area contributed by atoms with Crippen LogP contribution in [-0.4, -0.2) is 9.55 Å². The highest BCUT2D eigenvalue weighted by Gasteiger charge is 2.11. The van der Waals surface area contributed by atoms with Crippen LogP contribution in [-0.2, 0) is 13.5 Å². The van der Waals surface area contributed by atoms with Gasteiger partial charge in [0, 0.05) is 35.1 Å². The number of hydrogen-bond donors (Lipinski definition) is 0. The molecule has 0 aliphatic heterocycles. The maximum Gasteiger partial charge on any atom is 0.0734 e. The molecular formula is C20H18N2. The number of pyridine rings is 1. The van der Waals surface area contributed by atoms with Crippen LogP contribution >= 0.6 is 0 Å². The summed E-state index contributed by atoms with van der Waals surface area (Å²) in [6, 6.07) is 19.1. The summed E-state index contributed by atoms with van der Waals surface area (Å²) in [5, 5.41) is 2.52. The standard InChI is InChI=1S/C20H18N2/c1-3-14-12-19(21-18-10-6-4-8-15(14)18)17-13-22(2)20-11-7-5-9-16(17)20/h4-13H,3H2,1-2H3. The van der Waals surface area contributed by atoms with Crippen molar-refractivity contribution in [2.75, 3.05) is 0 Å². The van der Waals surface area contributed by atoms with E-state index in [4.69, 9.17) is 4.98 Å². The fraction of sp³-hybridized carbons (Fsp3) is 0.150. The lowest BCUT2D eigenvalue weighted by Gasteiger charge is -2.07. The van der Waals surface area contributed by atoms with Gasteiger partial charge in [0.1, 0.15) is 0 Å². The fourth-order valence-electron chi connectivity index (χ4n) is 3.22. The van der Waals surface area contributed by atoms with Crippen LogP contribution < -0.4 is 0 Å². The summed E-state index contributed by atoms with van der Waals surface area (Å²) in [5.74, 6) is 0. The third kappa shape index (κ3) is 1.92. The predicted octanol–water partition coefficient (Wildman–Crippen LogP) is 4.96. The van der Waals surface area contributed by atoms with E-state index in [9.17, 15) is 0 Å². The molecule has 22 heavy (non-hydrogen) atoms. The van der Waals surface area contributed by atoms with Crippen LogP contribution in [0, 0.1) is 0 Å². The van der Waals surface area contributed by atoms with E-state index in [1.165, 1.54) is 27.4 Å². The summed E-state index contributed by atoms with van der Waals surface area (Å²) >= 11 is 0. The van der Waals surface area contributed by atoms with Crippen molar-refractivity contribution >= 4 is 21.8 Å². The number of benzene rings is 2. The summed E-state index contributed by atoms with van der Waals surface area (Å²) in [6.07, 6.45) is 3.20. The Labute approximate surface area is 130 Å². The molecular weight excluding hydrogens is 268 g/mol. The second kappa shape index (κ2) is 4.99. The largest absolute Gasteiger partial charge is 0.350 e. The molecule has 0 bridgehead atoms. The maximum atomic E-state index is 4.90. The number of rotatable bonds is 2. The molecule has 0 amide bonds. The highest BCUT2D eigenvalue weighted by molar-refractivity contribution is 5.97. The van der Waals surface area contributed by atoms with Crippen molar-refractivity contribution in [3.8, 4) is 11.3 Å². The van der Waals surface area contributed by atoms with Crippen molar-refractivity contribution < 1.29 is 0 Å². The first-order chi connectivity index (χ1) is 10.8. The molecule has 0 fully saturated rings. The van der Waals surface area contributed by atoms with E-state index in [0.717, 1.165) is 17.6 Å². The highest BCUT2D eigenvalue weighted by atomic mass is 14.9. The third-order valence-electron chi connectivity index (χ3n) is 4.36. The quantitative estimate of drug-likeness (QED) is 0.509. The normalized spacial score (nSPS) is 11.4. The van der Waals surface area contributed by atoms with E-state index in [0.29, 0.717) is 0 Å². The van der Waals surface area contributed by atoms with Crippen LogP contribution in [0.15, 0.2) is 60.8 Å². The summed E-state index contributed by atoms with van der Waals surface area (Å²) in [7, 11) is 2.09. The zero-order chi connectivity index (χ0) is 15.1. The third-order valence-corrected chi connectivity index (χ3v) is 4.36. The van der Waals surface area contributed by atoms with E-state index in [1.54, 1.807) is 0 Å². The van der Waals surface area contributed by atoms with E-state index in [1.807, 2.05) is 0 Å². The zero-order valence-electron chi connectivity index (χ0n) is 12.9. The molecule has 0 spiro atoms. The van der Waals surface area contributed by atoms with Gasteiger partial charge in [0.2, 0.25) is 0 Å². The van der Waals surface area contributed by atoms with Gasteiger partial charge in [0.05, 0.1) is 11.2 Å². The number of aryl methyl sites for hydroxylation is 2. The van der Waals surface area contributed by atoms with Crippen molar-refractivity contribution in [2.45, 2.75) is 13.3 Å². The van der Waals surface area contributed by atoms with E-state index in [-0.39, 0.29) is 0 Å². The van der Waals surface area contributed by atoms with Gasteiger partial charge >= 0.3 is 0 Å². The van der Waals surface area contributed by atoms with Crippen LogP contribution in [0.3, 0.4) is 0 Å². The summed E-state index contributed by atoms with van der Waals surface area (Å²) in [4.78, 5) is 4.90. The number of para-hydroxylation sites is 2. The smallest absolute Gasteiger partial charge is 0.0734 e. The van der Waals surface area contributed by atoms with E-state index < -0.39 is 0 Å². The Bertz CT molecular complexity index is 980. The van der Waals surface area contributed by atoms with Crippen LogP contribution in [0.2, 0.25) is 0 Å². The Kier molecular flexibility index (Phi) is 2.97. The summed E-state index contributed by atoms with van der Waals surface area (Å²) < 4.78 is 2.17. The van der Waals surface area contributed by atoms with Crippen LogP contribution in [0.25, 0.3) is 33.1 Å². The number of aromatic nitrogens is 2. The van der Waals surface area contributed by atoms with Gasteiger partial charge in [-0.1, -0.05) is 43.3 Å². The lowest BCUT2D eigenvalue weighted by molar-refractivity contribution is 0.969. The molecule has 0 aliphatic rings. The number of hydrogen-bond acceptors (Lipinski definition) is 1. The molecule has 4 rings (SSSR count). The molecule has 2 heteroatoms. The Morgan fingerprint density at radius 1 is 0.955 bits per heavy atom. The molecule has 0 atom stereocenters. The van der Waals surface area contributed by atoms with Crippen molar-refractivity contribution in [3.05, 3.63) is 66.4 Å². The molecule has 0 unspecified atom stereocenters. The van der Waals surface area contributed by atoms with E-state index in [2.05, 4.69) is 79.3 Å². The molecule has 0 saturated heterocycles. The average Bonchev–Trinajstić information content (AvgIpc) is 2.91. The molecule has 0 radical (unpaired) electrons. The van der Waals surface area contributed by atoms with Gasteiger partial charge in [-0.2, -0.15) is 0 Å². The predicted molar refractivity (Wildman–Crippen MR) is 93.0 cm³/mol. The van der Waals surface area contributed by atoms with Gasteiger partial charge in [-0.05, 0) is 30.2 Å². The minimum Gasteiger partial charge on any atom is -0.350 e. The Balaban J connectivity index is 2.04. The lowest BCUT2D eigenvalue weighted by Crippen LogP contribution is -1.91. The fourth-order valence-corrected chi connectivity index (χ4v) is 3.22. The van der Waals surface area contributed by atoms with Crippen molar-refractivity contribution in [2.24, 2.45) is 7.05 Å². The zero-order valence-corrected chi connectivity index (χ0v) is 12.9. The molecule has 2 aromatic carbocycles. The molecule has 4 aromatic rings. The van der Waals surface area contributed by atoms with Gasteiger partial charge in [-0.15, -0.1) is 0 Å². The van der Waals surface area contributed by atoms with Gasteiger partial charge in [0.15, 0.2) is 0 Å². The maximum absolute atomic E-state index is 4.90. The summed E-state index contributed by atoms with van der Waals surface area (Å²) in [5.41, 5.74) is 5.94. The second-order valence-corrected chi connectivity index (χ2v) is 5.71.